The van der Waals surface area contributed by atoms with E-state index in [9.17, 15) is 0 Å². The van der Waals surface area contributed by atoms with Gasteiger partial charge in [-0.2, -0.15) is 5.10 Å². The Labute approximate surface area is 71.2 Å². The molecule has 1 aliphatic rings. The zero-order chi connectivity index (χ0) is 8.39. The normalized spacial score (nSPS) is 24.2. The van der Waals surface area contributed by atoms with E-state index in [2.05, 4.69) is 10.4 Å². The third-order valence-corrected chi connectivity index (χ3v) is 2.19. The highest BCUT2D eigenvalue weighted by molar-refractivity contribution is 5.09. The molecule has 1 aliphatic heterocycles. The molecule has 0 bridgehead atoms. The van der Waals surface area contributed by atoms with Crippen molar-refractivity contribution in [1.82, 2.24) is 15.1 Å². The summed E-state index contributed by atoms with van der Waals surface area (Å²) in [6, 6.07) is 0. The number of hydrogen-bond donors (Lipinski definition) is 2. The van der Waals surface area contributed by atoms with Gasteiger partial charge >= 0.3 is 0 Å². The molecule has 0 aliphatic carbocycles. The Kier molecular flexibility index (Phi) is 1.99. The third kappa shape index (κ3) is 1.43. The van der Waals surface area contributed by atoms with Crippen LogP contribution in [-0.4, -0.2) is 21.4 Å². The molecule has 1 unspecified atom stereocenters. The fourth-order valence-corrected chi connectivity index (χ4v) is 1.56. The second-order valence-corrected chi connectivity index (χ2v) is 3.14. The lowest BCUT2D eigenvalue weighted by atomic mass is 10.1. The zero-order valence-corrected chi connectivity index (χ0v) is 6.90. The van der Waals surface area contributed by atoms with Gasteiger partial charge in [-0.05, 0) is 25.8 Å². The summed E-state index contributed by atoms with van der Waals surface area (Å²) in [5.41, 5.74) is 0. The van der Waals surface area contributed by atoms with E-state index in [1.807, 2.05) is 0 Å². The highest BCUT2D eigenvalue weighted by Crippen LogP contribution is 2.17. The van der Waals surface area contributed by atoms with E-state index in [0.29, 0.717) is 0 Å². The molecule has 0 amide bonds. The second kappa shape index (κ2) is 3.15. The van der Waals surface area contributed by atoms with Crippen molar-refractivity contribution in [2.75, 3.05) is 6.54 Å². The van der Waals surface area contributed by atoms with Crippen molar-refractivity contribution in [3.8, 4) is 5.75 Å². The smallest absolute Gasteiger partial charge is 0.153 e. The van der Waals surface area contributed by atoms with Crippen molar-refractivity contribution in [2.24, 2.45) is 0 Å². The minimum absolute atomic E-state index is 0.238. The number of hydrogen-bond acceptors (Lipinski definition) is 3. The molecule has 1 aromatic rings. The first-order chi connectivity index (χ1) is 5.86. The molecule has 0 saturated carbocycles. The Morgan fingerprint density at radius 1 is 1.58 bits per heavy atom. The maximum atomic E-state index is 9.07. The maximum absolute atomic E-state index is 9.07. The van der Waals surface area contributed by atoms with Gasteiger partial charge in [0.15, 0.2) is 5.75 Å². The summed E-state index contributed by atoms with van der Waals surface area (Å²) in [6.45, 7) is 1.05. The Hall–Kier alpha value is -1.03. The molecule has 0 aromatic carbocycles. The summed E-state index contributed by atoms with van der Waals surface area (Å²) >= 11 is 0. The molecule has 2 rings (SSSR count). The van der Waals surface area contributed by atoms with Crippen LogP contribution in [-0.2, 0) is 0 Å². The molecule has 1 fully saturated rings. The fourth-order valence-electron chi connectivity index (χ4n) is 1.56. The van der Waals surface area contributed by atoms with Gasteiger partial charge in [0.2, 0.25) is 0 Å². The van der Waals surface area contributed by atoms with Gasteiger partial charge in [0.1, 0.15) is 6.17 Å². The molecule has 1 aromatic heterocycles. The number of rotatable bonds is 1. The average molecular weight is 167 g/mol. The van der Waals surface area contributed by atoms with Crippen molar-refractivity contribution in [3.63, 3.8) is 0 Å². The highest BCUT2D eigenvalue weighted by atomic mass is 16.3. The first kappa shape index (κ1) is 7.61. The predicted octanol–water partition coefficient (Wildman–Crippen LogP) is 0.861. The van der Waals surface area contributed by atoms with Crippen LogP contribution in [0.15, 0.2) is 12.4 Å². The molecule has 1 saturated heterocycles. The first-order valence-electron chi connectivity index (χ1n) is 4.33. The standard InChI is InChI=1S/C8H13N3O/c12-7-5-10-11(6-7)8-3-1-2-4-9-8/h5-6,8-9,12H,1-4H2. The van der Waals surface area contributed by atoms with Gasteiger partial charge in [0.25, 0.3) is 0 Å². The van der Waals surface area contributed by atoms with Gasteiger partial charge in [-0.3, -0.25) is 10.00 Å². The minimum atomic E-state index is 0.238. The topological polar surface area (TPSA) is 50.1 Å². The van der Waals surface area contributed by atoms with Crippen LogP contribution in [0.1, 0.15) is 25.4 Å². The molecule has 4 heteroatoms. The molecule has 66 valence electrons. The number of nitrogens with zero attached hydrogens (tertiary/aromatic N) is 2. The Morgan fingerprint density at radius 2 is 2.50 bits per heavy atom. The van der Waals surface area contributed by atoms with E-state index < -0.39 is 0 Å². The van der Waals surface area contributed by atoms with Gasteiger partial charge in [0, 0.05) is 0 Å². The van der Waals surface area contributed by atoms with E-state index in [0.717, 1.165) is 13.0 Å². The molecule has 4 nitrogen and oxygen atoms in total. The van der Waals surface area contributed by atoms with Gasteiger partial charge in [0.05, 0.1) is 12.4 Å². The molecule has 2 N–H and O–H groups in total. The summed E-state index contributed by atoms with van der Waals surface area (Å²) in [5.74, 6) is 0.238. The Bertz CT molecular complexity index is 253. The van der Waals surface area contributed by atoms with Gasteiger partial charge < -0.3 is 5.11 Å². The third-order valence-electron chi connectivity index (χ3n) is 2.19. The van der Waals surface area contributed by atoms with Crippen molar-refractivity contribution in [3.05, 3.63) is 12.4 Å². The number of nitrogens with one attached hydrogen (secondary N) is 1. The van der Waals surface area contributed by atoms with E-state index in [1.54, 1.807) is 10.9 Å². The largest absolute Gasteiger partial charge is 0.505 e. The molecular formula is C8H13N3O. The van der Waals surface area contributed by atoms with Gasteiger partial charge in [-0.15, -0.1) is 0 Å². The van der Waals surface area contributed by atoms with E-state index in [4.69, 9.17) is 5.11 Å². The molecular weight excluding hydrogens is 154 g/mol. The van der Waals surface area contributed by atoms with Gasteiger partial charge in [-0.1, -0.05) is 0 Å². The molecule has 2 heterocycles. The van der Waals surface area contributed by atoms with Crippen LogP contribution in [0.4, 0.5) is 0 Å². The van der Waals surface area contributed by atoms with E-state index >= 15 is 0 Å². The Balaban J connectivity index is 2.08. The lowest BCUT2D eigenvalue weighted by Crippen LogP contribution is -2.31. The fraction of sp³-hybridized carbons (Fsp3) is 0.625. The second-order valence-electron chi connectivity index (χ2n) is 3.14. The average Bonchev–Trinajstić information content (AvgIpc) is 2.54. The van der Waals surface area contributed by atoms with Crippen LogP contribution in [0.5, 0.6) is 5.75 Å². The summed E-state index contributed by atoms with van der Waals surface area (Å²) in [7, 11) is 0. The summed E-state index contributed by atoms with van der Waals surface area (Å²) in [5, 5.41) is 16.5. The van der Waals surface area contributed by atoms with Crippen molar-refractivity contribution in [2.45, 2.75) is 25.4 Å². The monoisotopic (exact) mass is 167 g/mol. The van der Waals surface area contributed by atoms with Crippen LogP contribution in [0.2, 0.25) is 0 Å². The van der Waals surface area contributed by atoms with Crippen molar-refractivity contribution in [1.29, 1.82) is 0 Å². The summed E-state index contributed by atoms with van der Waals surface area (Å²) < 4.78 is 1.79. The molecule has 0 radical (unpaired) electrons. The van der Waals surface area contributed by atoms with Crippen LogP contribution in [0.25, 0.3) is 0 Å². The van der Waals surface area contributed by atoms with Crippen LogP contribution >= 0.6 is 0 Å². The predicted molar refractivity (Wildman–Crippen MR) is 44.8 cm³/mol. The van der Waals surface area contributed by atoms with Crippen molar-refractivity contribution >= 4 is 0 Å². The van der Waals surface area contributed by atoms with Gasteiger partial charge in [-0.25, -0.2) is 0 Å². The SMILES string of the molecule is Oc1cnn(C2CCCCN2)c1. The quantitative estimate of drug-likeness (QED) is 0.652. The highest BCUT2D eigenvalue weighted by Gasteiger charge is 2.14. The van der Waals surface area contributed by atoms with Crippen LogP contribution in [0.3, 0.4) is 0 Å². The zero-order valence-electron chi connectivity index (χ0n) is 6.90. The number of piperidine rings is 1. The first-order valence-corrected chi connectivity index (χ1v) is 4.33. The van der Waals surface area contributed by atoms with Crippen molar-refractivity contribution < 1.29 is 5.11 Å². The molecule has 0 spiro atoms. The minimum Gasteiger partial charge on any atom is -0.505 e. The van der Waals surface area contributed by atoms with Crippen LogP contribution in [0, 0.1) is 0 Å². The molecule has 12 heavy (non-hydrogen) atoms. The molecule has 1 atom stereocenters. The number of aromatic hydroxyl groups is 1. The van der Waals surface area contributed by atoms with E-state index in [-0.39, 0.29) is 11.9 Å². The number of aromatic nitrogens is 2. The summed E-state index contributed by atoms with van der Waals surface area (Å²) in [6.07, 6.45) is 6.97. The lowest BCUT2D eigenvalue weighted by molar-refractivity contribution is 0.297. The summed E-state index contributed by atoms with van der Waals surface area (Å²) in [4.78, 5) is 0. The maximum Gasteiger partial charge on any atom is 0.153 e. The van der Waals surface area contributed by atoms with Crippen LogP contribution < -0.4 is 5.32 Å². The lowest BCUT2D eigenvalue weighted by Gasteiger charge is -2.23. The Morgan fingerprint density at radius 3 is 3.08 bits per heavy atom. The van der Waals surface area contributed by atoms with E-state index in [1.165, 1.54) is 19.0 Å².